The van der Waals surface area contributed by atoms with E-state index in [1.54, 1.807) is 0 Å². The topological polar surface area (TPSA) is 72.6 Å². The highest BCUT2D eigenvalue weighted by Crippen LogP contribution is 2.27. The van der Waals surface area contributed by atoms with Crippen LogP contribution in [0, 0.1) is 11.7 Å². The van der Waals surface area contributed by atoms with E-state index in [1.165, 1.54) is 4.31 Å². The largest absolute Gasteiger partial charge is 0.432 e. The summed E-state index contributed by atoms with van der Waals surface area (Å²) in [6, 6.07) is 2.61. The molecule has 1 aromatic rings. The summed E-state index contributed by atoms with van der Waals surface area (Å²) in [6.45, 7) is -2.22. The van der Waals surface area contributed by atoms with Crippen molar-refractivity contribution in [2.75, 3.05) is 19.6 Å². The van der Waals surface area contributed by atoms with Crippen molar-refractivity contribution in [1.29, 1.82) is 0 Å². The van der Waals surface area contributed by atoms with E-state index in [0.29, 0.717) is 25.6 Å². The van der Waals surface area contributed by atoms with E-state index in [1.807, 2.05) is 0 Å². The van der Waals surface area contributed by atoms with Gasteiger partial charge in [0.15, 0.2) is 11.6 Å². The van der Waals surface area contributed by atoms with Gasteiger partial charge in [0, 0.05) is 13.1 Å². The van der Waals surface area contributed by atoms with E-state index in [4.69, 9.17) is 5.73 Å². The summed E-state index contributed by atoms with van der Waals surface area (Å²) in [5, 5.41) is 0. The van der Waals surface area contributed by atoms with Crippen LogP contribution in [-0.4, -0.2) is 39.0 Å². The third kappa shape index (κ3) is 3.47. The lowest BCUT2D eigenvalue weighted by molar-refractivity contribution is -0.0522. The molecule has 2 N–H and O–H groups in total. The number of sulfonamides is 1. The fourth-order valence-electron chi connectivity index (χ4n) is 2.19. The van der Waals surface area contributed by atoms with Gasteiger partial charge in [-0.15, -0.1) is 0 Å². The van der Waals surface area contributed by atoms with Crippen molar-refractivity contribution in [1.82, 2.24) is 4.31 Å². The minimum Gasteiger partial charge on any atom is -0.432 e. The van der Waals surface area contributed by atoms with Crippen molar-refractivity contribution in [3.63, 3.8) is 0 Å². The average Bonchev–Trinajstić information content (AvgIpc) is 2.90. The van der Waals surface area contributed by atoms with Gasteiger partial charge < -0.3 is 10.5 Å². The van der Waals surface area contributed by atoms with Crippen LogP contribution in [0.1, 0.15) is 6.42 Å². The Hall–Kier alpha value is -1.32. The van der Waals surface area contributed by atoms with Crippen LogP contribution in [-0.2, 0) is 10.0 Å². The molecule has 21 heavy (non-hydrogen) atoms. The van der Waals surface area contributed by atoms with Gasteiger partial charge in [-0.3, -0.25) is 0 Å². The summed E-state index contributed by atoms with van der Waals surface area (Å²) in [5.74, 6) is -1.76. The number of hydrogen-bond donors (Lipinski definition) is 1. The molecular weight excluding hydrogens is 309 g/mol. The Morgan fingerprint density at radius 3 is 2.67 bits per heavy atom. The predicted molar refractivity (Wildman–Crippen MR) is 69.0 cm³/mol. The van der Waals surface area contributed by atoms with Crippen LogP contribution in [0.2, 0.25) is 0 Å². The molecule has 118 valence electrons. The first-order valence-corrected chi connectivity index (χ1v) is 7.73. The number of nitrogens with zero attached hydrogens (tertiary/aromatic N) is 1. The van der Waals surface area contributed by atoms with Crippen LogP contribution < -0.4 is 10.5 Å². The summed E-state index contributed by atoms with van der Waals surface area (Å²) < 4.78 is 67.5. The van der Waals surface area contributed by atoms with Gasteiger partial charge in [0.05, 0.1) is 4.90 Å². The van der Waals surface area contributed by atoms with Crippen LogP contribution >= 0.6 is 0 Å². The zero-order valence-corrected chi connectivity index (χ0v) is 11.8. The first kappa shape index (κ1) is 16.1. The van der Waals surface area contributed by atoms with E-state index < -0.39 is 28.2 Å². The molecule has 0 aliphatic carbocycles. The van der Waals surface area contributed by atoms with Crippen molar-refractivity contribution in [2.45, 2.75) is 17.9 Å². The molecule has 0 saturated carbocycles. The first-order chi connectivity index (χ1) is 9.84. The number of rotatable bonds is 5. The van der Waals surface area contributed by atoms with Gasteiger partial charge in [-0.1, -0.05) is 0 Å². The van der Waals surface area contributed by atoms with E-state index in [0.717, 1.165) is 12.1 Å². The maximum atomic E-state index is 13.6. The number of alkyl halides is 2. The Morgan fingerprint density at radius 2 is 2.14 bits per heavy atom. The highest BCUT2D eigenvalue weighted by Gasteiger charge is 2.32. The van der Waals surface area contributed by atoms with Gasteiger partial charge in [-0.25, -0.2) is 12.8 Å². The molecule has 9 heteroatoms. The molecule has 0 radical (unpaired) electrons. The quantitative estimate of drug-likeness (QED) is 0.888. The maximum Gasteiger partial charge on any atom is 0.387 e. The molecule has 1 aliphatic heterocycles. The molecule has 5 nitrogen and oxygen atoms in total. The van der Waals surface area contributed by atoms with Crippen molar-refractivity contribution >= 4 is 10.0 Å². The highest BCUT2D eigenvalue weighted by molar-refractivity contribution is 7.89. The lowest BCUT2D eigenvalue weighted by Crippen LogP contribution is -2.30. The summed E-state index contributed by atoms with van der Waals surface area (Å²) >= 11 is 0. The molecule has 1 aromatic carbocycles. The molecule has 2 rings (SSSR count). The second-order valence-electron chi connectivity index (χ2n) is 4.72. The number of hydrogen-bond acceptors (Lipinski definition) is 4. The van der Waals surface area contributed by atoms with Crippen LogP contribution in [0.3, 0.4) is 0 Å². The van der Waals surface area contributed by atoms with E-state index in [9.17, 15) is 21.6 Å². The maximum absolute atomic E-state index is 13.6. The number of nitrogens with two attached hydrogens (primary N) is 1. The fourth-order valence-corrected chi connectivity index (χ4v) is 3.73. The molecule has 0 amide bonds. The van der Waals surface area contributed by atoms with E-state index in [2.05, 4.69) is 4.74 Å². The standard InChI is InChI=1S/C12H15F3N2O3S/c13-10-5-9(1-2-11(10)20-12(14)15)21(18,19)17-4-3-8(6-16)7-17/h1-2,5,8,12H,3-4,6-7,16H2. The minimum atomic E-state index is -3.85. The number of ether oxygens (including phenoxy) is 1. The zero-order chi connectivity index (χ0) is 15.6. The normalized spacial score (nSPS) is 20.1. The molecule has 0 aromatic heterocycles. The van der Waals surface area contributed by atoms with Gasteiger partial charge in [0.25, 0.3) is 0 Å². The van der Waals surface area contributed by atoms with Crippen molar-refractivity contribution in [2.24, 2.45) is 11.7 Å². The zero-order valence-electron chi connectivity index (χ0n) is 11.0. The van der Waals surface area contributed by atoms with Gasteiger partial charge in [-0.05, 0) is 37.1 Å². The molecule has 0 spiro atoms. The molecule has 1 heterocycles. The molecule has 1 atom stereocenters. The number of benzene rings is 1. The van der Waals surface area contributed by atoms with Crippen LogP contribution in [0.15, 0.2) is 23.1 Å². The molecule has 1 unspecified atom stereocenters. The molecule has 1 aliphatic rings. The smallest absolute Gasteiger partial charge is 0.387 e. The number of halogens is 3. The second-order valence-corrected chi connectivity index (χ2v) is 6.66. The van der Waals surface area contributed by atoms with Gasteiger partial charge in [0.1, 0.15) is 0 Å². The summed E-state index contributed by atoms with van der Waals surface area (Å²) in [5.41, 5.74) is 5.50. The lowest BCUT2D eigenvalue weighted by Gasteiger charge is -2.17. The molecule has 1 fully saturated rings. The van der Waals surface area contributed by atoms with E-state index >= 15 is 0 Å². The minimum absolute atomic E-state index is 0.0751. The monoisotopic (exact) mass is 324 g/mol. The van der Waals surface area contributed by atoms with Crippen molar-refractivity contribution < 1.29 is 26.3 Å². The summed E-state index contributed by atoms with van der Waals surface area (Å²) in [6.07, 6.45) is 0.644. The Balaban J connectivity index is 2.23. The van der Waals surface area contributed by atoms with Crippen molar-refractivity contribution in [3.8, 4) is 5.75 Å². The molecule has 1 saturated heterocycles. The predicted octanol–water partition coefficient (Wildman–Crippen LogP) is 1.40. The van der Waals surface area contributed by atoms with Crippen LogP contribution in [0.4, 0.5) is 13.2 Å². The van der Waals surface area contributed by atoms with Crippen LogP contribution in [0.5, 0.6) is 5.75 Å². The Morgan fingerprint density at radius 1 is 1.43 bits per heavy atom. The Labute approximate surface area is 120 Å². The highest BCUT2D eigenvalue weighted by atomic mass is 32.2. The van der Waals surface area contributed by atoms with E-state index in [-0.39, 0.29) is 17.4 Å². The third-order valence-corrected chi connectivity index (χ3v) is 5.20. The third-order valence-electron chi connectivity index (χ3n) is 3.34. The Kier molecular flexibility index (Phi) is 4.74. The lowest BCUT2D eigenvalue weighted by atomic mass is 10.1. The van der Waals surface area contributed by atoms with Crippen LogP contribution in [0.25, 0.3) is 0 Å². The Bertz CT molecular complexity index is 610. The second kappa shape index (κ2) is 6.20. The summed E-state index contributed by atoms with van der Waals surface area (Å²) in [4.78, 5) is -0.292. The summed E-state index contributed by atoms with van der Waals surface area (Å²) in [7, 11) is -3.85. The average molecular weight is 324 g/mol. The molecular formula is C12H15F3N2O3S. The van der Waals surface area contributed by atoms with Crippen molar-refractivity contribution in [3.05, 3.63) is 24.0 Å². The fraction of sp³-hybridized carbons (Fsp3) is 0.500. The first-order valence-electron chi connectivity index (χ1n) is 6.29. The van der Waals surface area contributed by atoms with Gasteiger partial charge in [0.2, 0.25) is 10.0 Å². The molecule has 0 bridgehead atoms. The SMILES string of the molecule is NCC1CCN(S(=O)(=O)c2ccc(OC(F)F)c(F)c2)C1. The van der Waals surface area contributed by atoms with Gasteiger partial charge >= 0.3 is 6.61 Å². The van der Waals surface area contributed by atoms with Gasteiger partial charge in [-0.2, -0.15) is 13.1 Å².